The van der Waals surface area contributed by atoms with E-state index in [-0.39, 0.29) is 35.7 Å². The number of hydrogen-bond acceptors (Lipinski definition) is 6. The Labute approximate surface area is 150 Å². The Morgan fingerprint density at radius 2 is 2.08 bits per heavy atom. The third kappa shape index (κ3) is 3.33. The second-order valence-electron chi connectivity index (χ2n) is 6.81. The fourth-order valence-electron chi connectivity index (χ4n) is 3.68. The number of nitrogens with one attached hydrogen (secondary N) is 1. The number of benzene rings is 1. The molecule has 0 radical (unpaired) electrons. The number of carbonyl (C=O) groups excluding carboxylic acids is 1. The van der Waals surface area contributed by atoms with Crippen LogP contribution in [-0.4, -0.2) is 38.5 Å². The maximum Gasteiger partial charge on any atom is 0.339 e. The van der Waals surface area contributed by atoms with Gasteiger partial charge in [0.25, 0.3) is 5.91 Å². The highest BCUT2D eigenvalue weighted by Gasteiger charge is 2.29. The molecular formula is C18H19NO6S. The predicted molar refractivity (Wildman–Crippen MR) is 95.2 cm³/mol. The molecule has 138 valence electrons. The van der Waals surface area contributed by atoms with E-state index in [9.17, 15) is 18.0 Å². The third-order valence-corrected chi connectivity index (χ3v) is 6.68. The van der Waals surface area contributed by atoms with Gasteiger partial charge >= 0.3 is 5.63 Å². The smallest absolute Gasteiger partial charge is 0.339 e. The van der Waals surface area contributed by atoms with Gasteiger partial charge in [-0.2, -0.15) is 0 Å². The van der Waals surface area contributed by atoms with Crippen LogP contribution in [-0.2, 0) is 27.5 Å². The third-order valence-electron chi connectivity index (χ3n) is 4.91. The topological polar surface area (TPSA) is 103 Å². The van der Waals surface area contributed by atoms with Gasteiger partial charge in [-0.15, -0.1) is 0 Å². The van der Waals surface area contributed by atoms with Crippen LogP contribution < -0.4 is 15.7 Å². The van der Waals surface area contributed by atoms with Crippen LogP contribution >= 0.6 is 0 Å². The molecule has 8 heteroatoms. The van der Waals surface area contributed by atoms with Crippen molar-refractivity contribution in [1.29, 1.82) is 0 Å². The molecule has 7 nitrogen and oxygen atoms in total. The van der Waals surface area contributed by atoms with Crippen molar-refractivity contribution in [2.45, 2.75) is 31.7 Å². The first-order valence-corrected chi connectivity index (χ1v) is 10.4. The van der Waals surface area contributed by atoms with E-state index in [4.69, 9.17) is 9.15 Å². The number of rotatable bonds is 4. The molecule has 1 fully saturated rings. The average molecular weight is 377 g/mol. The Bertz CT molecular complexity index is 1040. The van der Waals surface area contributed by atoms with Crippen molar-refractivity contribution in [1.82, 2.24) is 5.32 Å². The van der Waals surface area contributed by atoms with Crippen LogP contribution in [0.15, 0.2) is 27.4 Å². The fourth-order valence-corrected chi connectivity index (χ4v) is 5.35. The van der Waals surface area contributed by atoms with Gasteiger partial charge in [0.15, 0.2) is 16.4 Å². The zero-order valence-corrected chi connectivity index (χ0v) is 14.9. The monoisotopic (exact) mass is 377 g/mol. The van der Waals surface area contributed by atoms with E-state index in [1.165, 1.54) is 0 Å². The molecule has 0 unspecified atom stereocenters. The maximum absolute atomic E-state index is 12.0. The molecule has 1 aromatic carbocycles. The van der Waals surface area contributed by atoms with Crippen LogP contribution in [0, 0.1) is 0 Å². The van der Waals surface area contributed by atoms with Crippen LogP contribution in [0.1, 0.15) is 24.0 Å². The minimum Gasteiger partial charge on any atom is -0.484 e. The summed E-state index contributed by atoms with van der Waals surface area (Å²) in [5.74, 6) is 0.132. The minimum atomic E-state index is -3.04. The maximum atomic E-state index is 12.0. The molecule has 2 aromatic rings. The Kier molecular flexibility index (Phi) is 4.22. The summed E-state index contributed by atoms with van der Waals surface area (Å²) in [6, 6.07) is 4.85. The molecule has 1 N–H and O–H groups in total. The average Bonchev–Trinajstić information content (AvgIpc) is 3.20. The summed E-state index contributed by atoms with van der Waals surface area (Å²) in [7, 11) is -3.04. The highest BCUT2D eigenvalue weighted by atomic mass is 32.2. The molecular weight excluding hydrogens is 358 g/mol. The molecule has 1 atom stereocenters. The van der Waals surface area contributed by atoms with Crippen molar-refractivity contribution in [2.24, 2.45) is 0 Å². The SMILES string of the molecule is O=C(COc1ccc2c3c(c(=O)oc2c1)CCC3)N[C@@H]1CCS(=O)(=O)C1. The zero-order chi connectivity index (χ0) is 18.3. The summed E-state index contributed by atoms with van der Waals surface area (Å²) in [6.45, 7) is -0.225. The minimum absolute atomic E-state index is 0.0228. The van der Waals surface area contributed by atoms with Gasteiger partial charge in [0.1, 0.15) is 11.3 Å². The fraction of sp³-hybridized carbons (Fsp3) is 0.444. The van der Waals surface area contributed by atoms with E-state index in [2.05, 4.69) is 5.32 Å². The van der Waals surface area contributed by atoms with E-state index in [0.717, 1.165) is 35.8 Å². The molecule has 0 saturated carbocycles. The van der Waals surface area contributed by atoms with E-state index >= 15 is 0 Å². The van der Waals surface area contributed by atoms with Gasteiger partial charge in [-0.3, -0.25) is 4.79 Å². The molecule has 1 saturated heterocycles. The van der Waals surface area contributed by atoms with Crippen LogP contribution in [0.4, 0.5) is 0 Å². The summed E-state index contributed by atoms with van der Waals surface area (Å²) in [6.07, 6.45) is 3.00. The second-order valence-corrected chi connectivity index (χ2v) is 9.04. The first kappa shape index (κ1) is 17.1. The van der Waals surface area contributed by atoms with E-state index in [0.29, 0.717) is 17.8 Å². The van der Waals surface area contributed by atoms with Gasteiger partial charge < -0.3 is 14.5 Å². The lowest BCUT2D eigenvalue weighted by Gasteiger charge is -2.12. The predicted octanol–water partition coefficient (Wildman–Crippen LogP) is 0.964. The normalized spacial score (nSPS) is 20.8. The highest BCUT2D eigenvalue weighted by Crippen LogP contribution is 2.29. The molecule has 2 heterocycles. The van der Waals surface area contributed by atoms with Crippen LogP contribution in [0.5, 0.6) is 5.75 Å². The first-order valence-electron chi connectivity index (χ1n) is 8.62. The number of hydrogen-bond donors (Lipinski definition) is 1. The van der Waals surface area contributed by atoms with Crippen molar-refractivity contribution in [2.75, 3.05) is 18.1 Å². The largest absolute Gasteiger partial charge is 0.484 e. The van der Waals surface area contributed by atoms with Gasteiger partial charge in [0, 0.05) is 23.1 Å². The molecule has 0 spiro atoms. The van der Waals surface area contributed by atoms with E-state index < -0.39 is 9.84 Å². The van der Waals surface area contributed by atoms with Crippen molar-refractivity contribution < 1.29 is 22.4 Å². The van der Waals surface area contributed by atoms with Gasteiger partial charge in [-0.05, 0) is 43.4 Å². The standard InChI is InChI=1S/C18H19NO6S/c20-17(19-11-6-7-26(22,23)10-11)9-24-12-4-5-14-13-2-1-3-15(13)18(21)25-16(14)8-12/h4-5,8,11H,1-3,6-7,9-10H2,(H,19,20)/t11-/m1/s1. The molecule has 1 aromatic heterocycles. The number of amides is 1. The van der Waals surface area contributed by atoms with Crippen LogP contribution in [0.25, 0.3) is 11.0 Å². The number of carbonyl (C=O) groups is 1. The van der Waals surface area contributed by atoms with E-state index in [1.807, 2.05) is 6.07 Å². The Morgan fingerprint density at radius 1 is 1.27 bits per heavy atom. The number of aryl methyl sites for hydroxylation is 1. The molecule has 1 aliphatic carbocycles. The molecule has 26 heavy (non-hydrogen) atoms. The summed E-state index contributed by atoms with van der Waals surface area (Å²) in [5.41, 5.74) is 1.96. The summed E-state index contributed by atoms with van der Waals surface area (Å²) in [5, 5.41) is 3.58. The Hall–Kier alpha value is -2.35. The molecule has 0 bridgehead atoms. The molecule has 2 aliphatic rings. The van der Waals surface area contributed by atoms with Crippen molar-refractivity contribution in [3.63, 3.8) is 0 Å². The molecule has 1 aliphatic heterocycles. The summed E-state index contributed by atoms with van der Waals surface area (Å²) in [4.78, 5) is 24.0. The lowest BCUT2D eigenvalue weighted by atomic mass is 10.1. The van der Waals surface area contributed by atoms with E-state index in [1.54, 1.807) is 12.1 Å². The highest BCUT2D eigenvalue weighted by molar-refractivity contribution is 7.91. The van der Waals surface area contributed by atoms with Gasteiger partial charge in [-0.1, -0.05) is 0 Å². The van der Waals surface area contributed by atoms with Crippen molar-refractivity contribution >= 4 is 26.7 Å². The van der Waals surface area contributed by atoms with Gasteiger partial charge in [0.05, 0.1) is 11.5 Å². The lowest BCUT2D eigenvalue weighted by molar-refractivity contribution is -0.123. The quantitative estimate of drug-likeness (QED) is 0.797. The summed E-state index contributed by atoms with van der Waals surface area (Å²) < 4.78 is 33.7. The van der Waals surface area contributed by atoms with Gasteiger partial charge in [-0.25, -0.2) is 13.2 Å². The zero-order valence-electron chi connectivity index (χ0n) is 14.1. The Balaban J connectivity index is 1.44. The summed E-state index contributed by atoms with van der Waals surface area (Å²) >= 11 is 0. The number of fused-ring (bicyclic) bond motifs is 3. The van der Waals surface area contributed by atoms with Crippen molar-refractivity contribution in [3.8, 4) is 5.75 Å². The van der Waals surface area contributed by atoms with Crippen molar-refractivity contribution in [3.05, 3.63) is 39.7 Å². The lowest BCUT2D eigenvalue weighted by Crippen LogP contribution is -2.38. The van der Waals surface area contributed by atoms with Crippen LogP contribution in [0.3, 0.4) is 0 Å². The second kappa shape index (κ2) is 6.42. The Morgan fingerprint density at radius 3 is 2.85 bits per heavy atom. The first-order chi connectivity index (χ1) is 12.4. The number of ether oxygens (including phenoxy) is 1. The molecule has 4 rings (SSSR count). The number of sulfone groups is 1. The van der Waals surface area contributed by atoms with Gasteiger partial charge in [0.2, 0.25) is 0 Å². The van der Waals surface area contributed by atoms with Crippen LogP contribution in [0.2, 0.25) is 0 Å². The molecule has 1 amide bonds.